The van der Waals surface area contributed by atoms with E-state index in [1.54, 1.807) is 24.3 Å². The summed E-state index contributed by atoms with van der Waals surface area (Å²) in [5.41, 5.74) is 1.90. The van der Waals surface area contributed by atoms with E-state index in [0.717, 1.165) is 15.5 Å². The van der Waals surface area contributed by atoms with Crippen LogP contribution < -0.4 is 5.32 Å². The van der Waals surface area contributed by atoms with Gasteiger partial charge in [-0.2, -0.15) is 0 Å². The minimum atomic E-state index is -0.739. The van der Waals surface area contributed by atoms with Gasteiger partial charge < -0.3 is 0 Å². The number of hydrogen-bond acceptors (Lipinski definition) is 5. The van der Waals surface area contributed by atoms with Gasteiger partial charge in [0, 0.05) is 21.2 Å². The monoisotopic (exact) mass is 422 g/mol. The fraction of sp³-hybridized carbons (Fsp3) is 0.0556. The first-order chi connectivity index (χ1) is 12.5. The largest absolute Gasteiger partial charge is 0.298 e. The summed E-state index contributed by atoms with van der Waals surface area (Å²) in [4.78, 5) is 28.9. The van der Waals surface area contributed by atoms with Gasteiger partial charge in [-0.3, -0.25) is 14.9 Å². The van der Waals surface area contributed by atoms with Gasteiger partial charge >= 0.3 is 0 Å². The van der Waals surface area contributed by atoms with Gasteiger partial charge in [-0.25, -0.2) is 4.98 Å². The Balaban J connectivity index is 1.81. The van der Waals surface area contributed by atoms with E-state index in [4.69, 9.17) is 23.2 Å². The molecule has 1 N–H and O–H groups in total. The molecule has 0 fully saturated rings. The van der Waals surface area contributed by atoms with Crippen molar-refractivity contribution < 1.29 is 9.59 Å². The van der Waals surface area contributed by atoms with Crippen molar-refractivity contribution in [1.82, 2.24) is 4.98 Å². The number of benzene rings is 2. The highest BCUT2D eigenvalue weighted by Gasteiger charge is 2.20. The second-order valence-electron chi connectivity index (χ2n) is 5.16. The topological polar surface area (TPSA) is 59.1 Å². The van der Waals surface area contributed by atoms with Crippen LogP contribution in [0.15, 0.2) is 52.7 Å². The molecule has 0 atom stereocenters. The zero-order valence-corrected chi connectivity index (χ0v) is 16.6. The number of hydrogen-bond donors (Lipinski definition) is 1. The molecular formula is C18H12Cl2N2O2S2. The van der Waals surface area contributed by atoms with E-state index in [2.05, 4.69) is 10.3 Å². The van der Waals surface area contributed by atoms with Crippen LogP contribution in [0.3, 0.4) is 0 Å². The number of thiazole rings is 1. The third kappa shape index (κ3) is 4.27. The Bertz CT molecular complexity index is 954. The van der Waals surface area contributed by atoms with Crippen LogP contribution in [-0.2, 0) is 4.79 Å². The summed E-state index contributed by atoms with van der Waals surface area (Å²) in [5, 5.41) is 4.08. The molecule has 0 aliphatic rings. The quantitative estimate of drug-likeness (QED) is 0.327. The van der Waals surface area contributed by atoms with E-state index < -0.39 is 11.7 Å². The number of carbonyl (C=O) groups is 2. The Hall–Kier alpha value is -1.86. The molecule has 3 rings (SSSR count). The third-order valence-electron chi connectivity index (χ3n) is 3.43. The maximum Gasteiger partial charge on any atom is 0.298 e. The van der Waals surface area contributed by atoms with Crippen LogP contribution in [0.5, 0.6) is 0 Å². The standard InChI is InChI=1S/C18H12Cl2N2O2S2/c1-25-17-14(10-2-6-12(19)7-3-10)21-18(26-17)22-16(24)15(23)11-4-8-13(20)9-5-11/h2-9H,1H3,(H,21,22,24). The fourth-order valence-corrected chi connectivity index (χ4v) is 4.07. The smallest absolute Gasteiger partial charge is 0.295 e. The van der Waals surface area contributed by atoms with Crippen LogP contribution >= 0.6 is 46.3 Å². The summed E-state index contributed by atoms with van der Waals surface area (Å²) < 4.78 is 0.932. The Morgan fingerprint density at radius 3 is 2.15 bits per heavy atom. The number of nitrogens with one attached hydrogen (secondary N) is 1. The predicted octanol–water partition coefficient (Wildman–Crippen LogP) is 5.66. The molecule has 0 saturated carbocycles. The Morgan fingerprint density at radius 1 is 1.00 bits per heavy atom. The van der Waals surface area contributed by atoms with Gasteiger partial charge in [0.2, 0.25) is 0 Å². The number of anilines is 1. The lowest BCUT2D eigenvalue weighted by molar-refractivity contribution is -0.112. The van der Waals surface area contributed by atoms with Gasteiger partial charge in [0.05, 0.1) is 9.90 Å². The molecule has 8 heteroatoms. The molecule has 2 aromatic carbocycles. The first-order valence-electron chi connectivity index (χ1n) is 7.40. The lowest BCUT2D eigenvalue weighted by Crippen LogP contribution is -2.22. The fourth-order valence-electron chi connectivity index (χ4n) is 2.17. The molecule has 1 aromatic heterocycles. The first-order valence-corrected chi connectivity index (χ1v) is 10.2. The number of halogens is 2. The average molecular weight is 423 g/mol. The van der Waals surface area contributed by atoms with Crippen molar-refractivity contribution in [3.05, 3.63) is 64.1 Å². The van der Waals surface area contributed by atoms with Gasteiger partial charge in [0.25, 0.3) is 11.7 Å². The number of rotatable bonds is 5. The number of Topliss-reactive ketones (excluding diaryl/α,β-unsaturated/α-hetero) is 1. The van der Waals surface area contributed by atoms with Crippen molar-refractivity contribution in [2.45, 2.75) is 4.21 Å². The lowest BCUT2D eigenvalue weighted by Gasteiger charge is -2.01. The first kappa shape index (κ1) is 18.9. The van der Waals surface area contributed by atoms with Gasteiger partial charge in [-0.15, -0.1) is 11.8 Å². The Kier molecular flexibility index (Phi) is 5.98. The minimum absolute atomic E-state index is 0.270. The zero-order chi connectivity index (χ0) is 18.7. The molecule has 0 radical (unpaired) electrons. The number of amides is 1. The lowest BCUT2D eigenvalue weighted by atomic mass is 10.1. The average Bonchev–Trinajstić information content (AvgIpc) is 3.05. The molecule has 0 unspecified atom stereocenters. The van der Waals surface area contributed by atoms with Crippen LogP contribution in [0.1, 0.15) is 10.4 Å². The second-order valence-corrected chi connectivity index (χ2v) is 8.10. The van der Waals surface area contributed by atoms with Crippen LogP contribution in [0.25, 0.3) is 11.3 Å². The van der Waals surface area contributed by atoms with Gasteiger partial charge in [-0.05, 0) is 42.7 Å². The molecule has 26 heavy (non-hydrogen) atoms. The maximum atomic E-state index is 12.2. The number of carbonyl (C=O) groups excluding carboxylic acids is 2. The molecule has 3 aromatic rings. The maximum absolute atomic E-state index is 12.2. The molecular weight excluding hydrogens is 411 g/mol. The molecule has 0 saturated heterocycles. The van der Waals surface area contributed by atoms with E-state index in [9.17, 15) is 9.59 Å². The summed E-state index contributed by atoms with van der Waals surface area (Å²) in [6, 6.07) is 13.4. The Morgan fingerprint density at radius 2 is 1.58 bits per heavy atom. The third-order valence-corrected chi connectivity index (χ3v) is 6.02. The predicted molar refractivity (Wildman–Crippen MR) is 109 cm³/mol. The van der Waals surface area contributed by atoms with Crippen molar-refractivity contribution in [1.29, 1.82) is 0 Å². The van der Waals surface area contributed by atoms with Crippen molar-refractivity contribution >= 4 is 63.1 Å². The molecule has 4 nitrogen and oxygen atoms in total. The number of nitrogens with zero attached hydrogens (tertiary/aromatic N) is 1. The number of aromatic nitrogens is 1. The van der Waals surface area contributed by atoms with E-state index in [0.29, 0.717) is 15.2 Å². The van der Waals surface area contributed by atoms with Crippen molar-refractivity contribution in [3.8, 4) is 11.3 Å². The van der Waals surface area contributed by atoms with Crippen LogP contribution in [0.4, 0.5) is 5.13 Å². The second kappa shape index (κ2) is 8.22. The SMILES string of the molecule is CSc1sc(NC(=O)C(=O)c2ccc(Cl)cc2)nc1-c1ccc(Cl)cc1. The summed E-state index contributed by atoms with van der Waals surface area (Å²) in [5.74, 6) is -1.38. The van der Waals surface area contributed by atoms with Crippen LogP contribution in [0, 0.1) is 0 Å². The number of thioether (sulfide) groups is 1. The minimum Gasteiger partial charge on any atom is -0.295 e. The molecule has 1 amide bonds. The Labute approximate surface area is 168 Å². The summed E-state index contributed by atoms with van der Waals surface area (Å²) in [7, 11) is 0. The van der Waals surface area contributed by atoms with Crippen molar-refractivity contribution in [2.75, 3.05) is 11.6 Å². The van der Waals surface area contributed by atoms with Gasteiger partial charge in [0.15, 0.2) is 5.13 Å². The van der Waals surface area contributed by atoms with Crippen molar-refractivity contribution in [3.63, 3.8) is 0 Å². The summed E-state index contributed by atoms with van der Waals surface area (Å²) >= 11 is 14.6. The highest BCUT2D eigenvalue weighted by molar-refractivity contribution is 8.00. The highest BCUT2D eigenvalue weighted by Crippen LogP contribution is 2.37. The molecule has 132 valence electrons. The van der Waals surface area contributed by atoms with E-state index in [-0.39, 0.29) is 5.56 Å². The molecule has 0 aliphatic carbocycles. The van der Waals surface area contributed by atoms with E-state index in [1.807, 2.05) is 18.4 Å². The zero-order valence-electron chi connectivity index (χ0n) is 13.5. The molecule has 0 spiro atoms. The molecule has 0 bridgehead atoms. The molecule has 1 heterocycles. The highest BCUT2D eigenvalue weighted by atomic mass is 35.5. The summed E-state index contributed by atoms with van der Waals surface area (Å²) in [6.07, 6.45) is 1.93. The molecule has 0 aliphatic heterocycles. The van der Waals surface area contributed by atoms with Crippen LogP contribution in [0.2, 0.25) is 10.0 Å². The van der Waals surface area contributed by atoms with E-state index >= 15 is 0 Å². The number of ketones is 1. The van der Waals surface area contributed by atoms with Gasteiger partial charge in [-0.1, -0.05) is 46.7 Å². The van der Waals surface area contributed by atoms with Crippen molar-refractivity contribution in [2.24, 2.45) is 0 Å². The van der Waals surface area contributed by atoms with Gasteiger partial charge in [0.1, 0.15) is 0 Å². The van der Waals surface area contributed by atoms with Crippen LogP contribution in [-0.4, -0.2) is 22.9 Å². The summed E-state index contributed by atoms with van der Waals surface area (Å²) in [6.45, 7) is 0. The van der Waals surface area contributed by atoms with E-state index in [1.165, 1.54) is 35.2 Å². The normalized spacial score (nSPS) is 10.6.